The number of hydrogen-bond donors (Lipinski definition) is 1. The minimum absolute atomic E-state index is 0.0967. The fourth-order valence-electron chi connectivity index (χ4n) is 2.48. The molecule has 6 nitrogen and oxygen atoms in total. The fourth-order valence-corrected chi connectivity index (χ4v) is 3.47. The largest absolute Gasteiger partial charge is 0.477 e. The molecule has 1 aromatic rings. The van der Waals surface area contributed by atoms with Crippen molar-refractivity contribution in [1.29, 1.82) is 0 Å². The van der Waals surface area contributed by atoms with Crippen LogP contribution in [0.15, 0.2) is 23.2 Å². The van der Waals surface area contributed by atoms with Gasteiger partial charge in [-0.05, 0) is 12.1 Å². The molecule has 1 N–H and O–H groups in total. The van der Waals surface area contributed by atoms with Gasteiger partial charge in [0, 0.05) is 31.4 Å². The number of anilines is 1. The van der Waals surface area contributed by atoms with Crippen LogP contribution in [-0.2, 0) is 0 Å². The van der Waals surface area contributed by atoms with E-state index in [1.807, 2.05) is 17.8 Å². The third kappa shape index (κ3) is 3.12. The van der Waals surface area contributed by atoms with Gasteiger partial charge in [0.25, 0.3) is 0 Å². The first-order valence-electron chi connectivity index (χ1n) is 7.05. The molecule has 1 atom stereocenters. The van der Waals surface area contributed by atoms with Gasteiger partial charge in [0.05, 0.1) is 6.54 Å². The summed E-state index contributed by atoms with van der Waals surface area (Å²) in [4.78, 5) is 24.2. The Balaban J connectivity index is 1.63. The molecule has 0 spiro atoms. The van der Waals surface area contributed by atoms with Crippen LogP contribution in [0.2, 0.25) is 0 Å². The lowest BCUT2D eigenvalue weighted by molar-refractivity contribution is 0.0690. The van der Waals surface area contributed by atoms with Gasteiger partial charge in [0.15, 0.2) is 10.9 Å². The summed E-state index contributed by atoms with van der Waals surface area (Å²) in [6.45, 7) is 6.57. The van der Waals surface area contributed by atoms with Crippen molar-refractivity contribution in [3.8, 4) is 0 Å². The fraction of sp³-hybridized carbons (Fsp3) is 0.500. The van der Waals surface area contributed by atoms with Crippen molar-refractivity contribution in [3.05, 3.63) is 23.9 Å². The Morgan fingerprint density at radius 2 is 2.00 bits per heavy atom. The van der Waals surface area contributed by atoms with Crippen molar-refractivity contribution in [2.24, 2.45) is 4.99 Å². The molecule has 2 aliphatic heterocycles. The summed E-state index contributed by atoms with van der Waals surface area (Å²) in [5, 5.41) is 10.7. The van der Waals surface area contributed by atoms with Crippen LogP contribution in [0.1, 0.15) is 17.4 Å². The molecule has 3 rings (SSSR count). The molecule has 3 heterocycles. The van der Waals surface area contributed by atoms with Crippen molar-refractivity contribution in [1.82, 2.24) is 9.88 Å². The molecule has 21 heavy (non-hydrogen) atoms. The first-order chi connectivity index (χ1) is 10.1. The van der Waals surface area contributed by atoms with Crippen molar-refractivity contribution >= 4 is 28.7 Å². The first-order valence-corrected chi connectivity index (χ1v) is 7.93. The molecule has 1 saturated heterocycles. The average Bonchev–Trinajstić information content (AvgIpc) is 2.94. The number of rotatable bonds is 2. The molecule has 112 valence electrons. The molecule has 0 saturated carbocycles. The molecule has 0 radical (unpaired) electrons. The lowest BCUT2D eigenvalue weighted by atomic mass is 10.3. The number of nitrogens with zero attached hydrogens (tertiary/aromatic N) is 4. The van der Waals surface area contributed by atoms with Gasteiger partial charge in [-0.25, -0.2) is 9.78 Å². The predicted molar refractivity (Wildman–Crippen MR) is 84.3 cm³/mol. The summed E-state index contributed by atoms with van der Waals surface area (Å²) in [6, 6.07) is 5.14. The Bertz CT molecular complexity index is 570. The number of carbonyl (C=O) groups is 1. The quantitative estimate of drug-likeness (QED) is 0.890. The van der Waals surface area contributed by atoms with Crippen molar-refractivity contribution in [3.63, 3.8) is 0 Å². The molecule has 7 heteroatoms. The Morgan fingerprint density at radius 1 is 1.29 bits per heavy atom. The van der Waals surface area contributed by atoms with Crippen LogP contribution in [0.4, 0.5) is 5.82 Å². The van der Waals surface area contributed by atoms with E-state index in [9.17, 15) is 4.79 Å². The zero-order valence-corrected chi connectivity index (χ0v) is 12.7. The minimum Gasteiger partial charge on any atom is -0.477 e. The van der Waals surface area contributed by atoms with E-state index in [4.69, 9.17) is 5.11 Å². The highest BCUT2D eigenvalue weighted by atomic mass is 32.2. The van der Waals surface area contributed by atoms with E-state index >= 15 is 0 Å². The van der Waals surface area contributed by atoms with Crippen LogP contribution in [0.3, 0.4) is 0 Å². The van der Waals surface area contributed by atoms with Gasteiger partial charge in [-0.3, -0.25) is 4.99 Å². The molecule has 0 amide bonds. The van der Waals surface area contributed by atoms with Gasteiger partial charge >= 0.3 is 5.97 Å². The number of carboxylic acid groups (broad SMARTS) is 1. The molecule has 0 bridgehead atoms. The van der Waals surface area contributed by atoms with Gasteiger partial charge in [-0.1, -0.05) is 24.8 Å². The second-order valence-electron chi connectivity index (χ2n) is 5.21. The molecule has 1 aromatic heterocycles. The Hall–Kier alpha value is -1.76. The molecule has 0 aromatic carbocycles. The second kappa shape index (κ2) is 5.93. The highest BCUT2D eigenvalue weighted by Gasteiger charge is 2.25. The van der Waals surface area contributed by atoms with Crippen LogP contribution >= 0.6 is 11.8 Å². The number of aliphatic imine (C=N–C) groups is 1. The van der Waals surface area contributed by atoms with Crippen LogP contribution in [0, 0.1) is 0 Å². The summed E-state index contributed by atoms with van der Waals surface area (Å²) in [5.41, 5.74) is 0.0967. The predicted octanol–water partition coefficient (Wildman–Crippen LogP) is 1.39. The first kappa shape index (κ1) is 14.2. The van der Waals surface area contributed by atoms with E-state index in [2.05, 4.69) is 26.7 Å². The molecule has 1 unspecified atom stereocenters. The van der Waals surface area contributed by atoms with E-state index in [1.165, 1.54) is 6.07 Å². The van der Waals surface area contributed by atoms with E-state index in [1.54, 1.807) is 6.07 Å². The van der Waals surface area contributed by atoms with Gasteiger partial charge in [0.1, 0.15) is 5.82 Å². The Kier molecular flexibility index (Phi) is 4.01. The Morgan fingerprint density at radius 3 is 2.62 bits per heavy atom. The standard InChI is InChI=1S/C14H18N4O2S/c1-10-9-15-14(21-10)18-7-5-17(6-8-18)12-4-2-3-11(16-12)13(19)20/h2-4,10H,5-9H2,1H3,(H,19,20). The number of aromatic nitrogens is 1. The number of amidine groups is 1. The normalized spacial score (nSPS) is 22.3. The van der Waals surface area contributed by atoms with Crippen LogP contribution in [0.5, 0.6) is 0 Å². The Labute approximate surface area is 127 Å². The van der Waals surface area contributed by atoms with Crippen molar-refractivity contribution < 1.29 is 9.90 Å². The highest BCUT2D eigenvalue weighted by Crippen LogP contribution is 2.24. The molecular formula is C14H18N4O2S. The van der Waals surface area contributed by atoms with E-state index in [0.717, 1.165) is 43.7 Å². The van der Waals surface area contributed by atoms with E-state index < -0.39 is 5.97 Å². The number of piperazine rings is 1. The maximum Gasteiger partial charge on any atom is 0.354 e. The summed E-state index contributed by atoms with van der Waals surface area (Å²) in [5.74, 6) is -0.245. The van der Waals surface area contributed by atoms with Crippen molar-refractivity contribution in [2.45, 2.75) is 12.2 Å². The third-order valence-corrected chi connectivity index (χ3v) is 4.77. The molecule has 1 fully saturated rings. The van der Waals surface area contributed by atoms with Crippen LogP contribution in [0.25, 0.3) is 0 Å². The van der Waals surface area contributed by atoms with Gasteiger partial charge in [-0.2, -0.15) is 0 Å². The smallest absolute Gasteiger partial charge is 0.354 e. The highest BCUT2D eigenvalue weighted by molar-refractivity contribution is 8.14. The van der Waals surface area contributed by atoms with Crippen LogP contribution in [-0.4, -0.2) is 64.1 Å². The lowest BCUT2D eigenvalue weighted by Crippen LogP contribution is -2.48. The topological polar surface area (TPSA) is 69.0 Å². The zero-order chi connectivity index (χ0) is 14.8. The van der Waals surface area contributed by atoms with Crippen molar-refractivity contribution in [2.75, 3.05) is 37.6 Å². The van der Waals surface area contributed by atoms with Gasteiger partial charge in [0.2, 0.25) is 0 Å². The molecular weight excluding hydrogens is 288 g/mol. The maximum atomic E-state index is 11.0. The monoisotopic (exact) mass is 306 g/mol. The molecule has 0 aliphatic carbocycles. The molecule has 2 aliphatic rings. The third-order valence-electron chi connectivity index (χ3n) is 3.62. The number of pyridine rings is 1. The maximum absolute atomic E-state index is 11.0. The van der Waals surface area contributed by atoms with E-state index in [0.29, 0.717) is 5.25 Å². The average molecular weight is 306 g/mol. The minimum atomic E-state index is -0.985. The van der Waals surface area contributed by atoms with E-state index in [-0.39, 0.29) is 5.69 Å². The second-order valence-corrected chi connectivity index (χ2v) is 6.62. The summed E-state index contributed by atoms with van der Waals surface area (Å²) >= 11 is 1.84. The summed E-state index contributed by atoms with van der Waals surface area (Å²) < 4.78 is 0. The van der Waals surface area contributed by atoms with Crippen LogP contribution < -0.4 is 4.90 Å². The zero-order valence-electron chi connectivity index (χ0n) is 11.9. The number of carboxylic acids is 1. The lowest BCUT2D eigenvalue weighted by Gasteiger charge is -2.36. The SMILES string of the molecule is CC1CN=C(N2CCN(c3cccc(C(=O)O)n3)CC2)S1. The number of thioether (sulfide) groups is 1. The number of aromatic carboxylic acids is 1. The summed E-state index contributed by atoms with van der Waals surface area (Å²) in [6.07, 6.45) is 0. The van der Waals surface area contributed by atoms with Gasteiger partial charge in [-0.15, -0.1) is 0 Å². The summed E-state index contributed by atoms with van der Waals surface area (Å²) in [7, 11) is 0. The van der Waals surface area contributed by atoms with Gasteiger partial charge < -0.3 is 14.9 Å². The number of hydrogen-bond acceptors (Lipinski definition) is 6.